The first-order valence-corrected chi connectivity index (χ1v) is 7.09. The van der Waals surface area contributed by atoms with E-state index in [0.717, 1.165) is 24.5 Å². The highest BCUT2D eigenvalue weighted by molar-refractivity contribution is 6.30. The Morgan fingerprint density at radius 1 is 1.22 bits per heavy atom. The Labute approximate surface area is 114 Å². The third-order valence-electron chi connectivity index (χ3n) is 3.84. The summed E-state index contributed by atoms with van der Waals surface area (Å²) in [6, 6.07) is 7.26. The lowest BCUT2D eigenvalue weighted by atomic mass is 9.80. The van der Waals surface area contributed by atoms with Crippen LogP contribution in [-0.4, -0.2) is 17.8 Å². The SMILES string of the molecule is CC1CCC(C(O)COc2ccc(Cl)cc2)CC1. The second kappa shape index (κ2) is 6.44. The molecule has 1 saturated carbocycles. The number of hydrogen-bond donors (Lipinski definition) is 1. The summed E-state index contributed by atoms with van der Waals surface area (Å²) >= 11 is 5.80. The van der Waals surface area contributed by atoms with Gasteiger partial charge in [-0.05, 0) is 48.9 Å². The minimum absolute atomic E-state index is 0.354. The second-order valence-corrected chi connectivity index (χ2v) is 5.79. The fraction of sp³-hybridized carbons (Fsp3) is 0.600. The molecule has 100 valence electrons. The Morgan fingerprint density at radius 3 is 2.44 bits per heavy atom. The molecule has 2 rings (SSSR count). The van der Waals surface area contributed by atoms with Gasteiger partial charge >= 0.3 is 0 Å². The molecular formula is C15H21ClO2. The van der Waals surface area contributed by atoms with Gasteiger partial charge in [0.05, 0.1) is 6.10 Å². The summed E-state index contributed by atoms with van der Waals surface area (Å²) in [4.78, 5) is 0. The van der Waals surface area contributed by atoms with Crippen LogP contribution >= 0.6 is 11.6 Å². The molecule has 0 heterocycles. The third kappa shape index (κ3) is 3.89. The molecule has 0 aromatic heterocycles. The third-order valence-corrected chi connectivity index (χ3v) is 4.09. The van der Waals surface area contributed by atoms with Crippen molar-refractivity contribution in [3.63, 3.8) is 0 Å². The summed E-state index contributed by atoms with van der Waals surface area (Å²) < 4.78 is 5.59. The van der Waals surface area contributed by atoms with Crippen molar-refractivity contribution in [2.45, 2.75) is 38.7 Å². The minimum atomic E-state index is -0.354. The van der Waals surface area contributed by atoms with E-state index in [-0.39, 0.29) is 6.10 Å². The molecule has 1 aromatic carbocycles. The number of benzene rings is 1. The first kappa shape index (κ1) is 13.7. The Morgan fingerprint density at radius 2 is 1.83 bits per heavy atom. The second-order valence-electron chi connectivity index (χ2n) is 5.35. The van der Waals surface area contributed by atoms with Crippen molar-refractivity contribution >= 4 is 11.6 Å². The lowest BCUT2D eigenvalue weighted by molar-refractivity contribution is 0.0355. The van der Waals surface area contributed by atoms with Gasteiger partial charge in [-0.15, -0.1) is 0 Å². The average molecular weight is 269 g/mol. The van der Waals surface area contributed by atoms with Crippen LogP contribution in [0.15, 0.2) is 24.3 Å². The molecule has 0 saturated heterocycles. The molecule has 1 aromatic rings. The van der Waals surface area contributed by atoms with Crippen LogP contribution < -0.4 is 4.74 Å². The quantitative estimate of drug-likeness (QED) is 0.897. The van der Waals surface area contributed by atoms with Crippen LogP contribution in [0, 0.1) is 11.8 Å². The number of ether oxygens (including phenoxy) is 1. The van der Waals surface area contributed by atoms with E-state index in [9.17, 15) is 5.11 Å². The van der Waals surface area contributed by atoms with Crippen molar-refractivity contribution in [3.8, 4) is 5.75 Å². The van der Waals surface area contributed by atoms with E-state index in [0.29, 0.717) is 17.5 Å². The van der Waals surface area contributed by atoms with Gasteiger partial charge < -0.3 is 9.84 Å². The molecule has 18 heavy (non-hydrogen) atoms. The highest BCUT2D eigenvalue weighted by Gasteiger charge is 2.24. The van der Waals surface area contributed by atoms with Crippen LogP contribution in [0.2, 0.25) is 5.02 Å². The van der Waals surface area contributed by atoms with Gasteiger partial charge in [-0.3, -0.25) is 0 Å². The van der Waals surface area contributed by atoms with Gasteiger partial charge in [0.25, 0.3) is 0 Å². The van der Waals surface area contributed by atoms with Crippen molar-refractivity contribution in [2.75, 3.05) is 6.61 Å². The van der Waals surface area contributed by atoms with Gasteiger partial charge in [0.15, 0.2) is 0 Å². The first-order valence-electron chi connectivity index (χ1n) is 6.71. The van der Waals surface area contributed by atoms with Gasteiger partial charge in [-0.2, -0.15) is 0 Å². The molecule has 1 aliphatic carbocycles. The Kier molecular flexibility index (Phi) is 4.90. The van der Waals surface area contributed by atoms with Crippen LogP contribution in [-0.2, 0) is 0 Å². The smallest absolute Gasteiger partial charge is 0.119 e. The number of halogens is 1. The molecule has 2 nitrogen and oxygen atoms in total. The zero-order valence-electron chi connectivity index (χ0n) is 10.8. The molecule has 0 radical (unpaired) electrons. The summed E-state index contributed by atoms with van der Waals surface area (Å²) in [7, 11) is 0. The largest absolute Gasteiger partial charge is 0.491 e. The molecule has 0 aliphatic heterocycles. The fourth-order valence-corrected chi connectivity index (χ4v) is 2.65. The van der Waals surface area contributed by atoms with Crippen LogP contribution in [0.4, 0.5) is 0 Å². The molecule has 1 N–H and O–H groups in total. The summed E-state index contributed by atoms with van der Waals surface area (Å²) in [6.07, 6.45) is 4.33. The van der Waals surface area contributed by atoms with E-state index in [1.165, 1.54) is 12.8 Å². The van der Waals surface area contributed by atoms with Crippen molar-refractivity contribution in [1.29, 1.82) is 0 Å². The molecule has 3 heteroatoms. The van der Waals surface area contributed by atoms with Crippen LogP contribution in [0.1, 0.15) is 32.6 Å². The van der Waals surface area contributed by atoms with Gasteiger partial charge in [0, 0.05) is 5.02 Å². The van der Waals surface area contributed by atoms with Crippen LogP contribution in [0.25, 0.3) is 0 Å². The number of hydrogen-bond acceptors (Lipinski definition) is 2. The topological polar surface area (TPSA) is 29.5 Å². The highest BCUT2D eigenvalue weighted by Crippen LogP contribution is 2.30. The van der Waals surface area contributed by atoms with Gasteiger partial charge in [0.2, 0.25) is 0 Å². The van der Waals surface area contributed by atoms with Gasteiger partial charge in [0.1, 0.15) is 12.4 Å². The fourth-order valence-electron chi connectivity index (χ4n) is 2.52. The summed E-state index contributed by atoms with van der Waals surface area (Å²) in [5.41, 5.74) is 0. The van der Waals surface area contributed by atoms with E-state index in [1.54, 1.807) is 12.1 Å². The molecule has 0 spiro atoms. The monoisotopic (exact) mass is 268 g/mol. The number of aliphatic hydroxyl groups excluding tert-OH is 1. The molecule has 0 amide bonds. The van der Waals surface area contributed by atoms with Crippen LogP contribution in [0.3, 0.4) is 0 Å². The van der Waals surface area contributed by atoms with E-state index in [2.05, 4.69) is 6.92 Å². The summed E-state index contributed by atoms with van der Waals surface area (Å²) in [5.74, 6) is 1.97. The maximum Gasteiger partial charge on any atom is 0.119 e. The highest BCUT2D eigenvalue weighted by atomic mass is 35.5. The molecule has 1 unspecified atom stereocenters. The molecule has 1 atom stereocenters. The van der Waals surface area contributed by atoms with Crippen LogP contribution in [0.5, 0.6) is 5.75 Å². The zero-order valence-corrected chi connectivity index (χ0v) is 11.6. The standard InChI is InChI=1S/C15H21ClO2/c1-11-2-4-12(5-3-11)15(17)10-18-14-8-6-13(16)7-9-14/h6-9,11-12,15,17H,2-5,10H2,1H3. The summed E-state index contributed by atoms with van der Waals surface area (Å²) in [5, 5.41) is 10.8. The molecule has 1 aliphatic rings. The zero-order chi connectivity index (χ0) is 13.0. The van der Waals surface area contributed by atoms with Crippen molar-refractivity contribution in [3.05, 3.63) is 29.3 Å². The van der Waals surface area contributed by atoms with E-state index < -0.39 is 0 Å². The van der Waals surface area contributed by atoms with E-state index >= 15 is 0 Å². The predicted octanol–water partition coefficient (Wildman–Crippen LogP) is 3.91. The lowest BCUT2D eigenvalue weighted by Crippen LogP contribution is -2.30. The number of rotatable bonds is 4. The molecule has 0 bridgehead atoms. The summed E-state index contributed by atoms with van der Waals surface area (Å²) in [6.45, 7) is 2.66. The Bertz CT molecular complexity index is 355. The molecule has 1 fully saturated rings. The maximum atomic E-state index is 10.1. The average Bonchev–Trinajstić information content (AvgIpc) is 2.38. The minimum Gasteiger partial charge on any atom is -0.491 e. The van der Waals surface area contributed by atoms with Crippen molar-refractivity contribution in [2.24, 2.45) is 11.8 Å². The Hall–Kier alpha value is -0.730. The maximum absolute atomic E-state index is 10.1. The van der Waals surface area contributed by atoms with E-state index in [4.69, 9.17) is 16.3 Å². The predicted molar refractivity (Wildman–Crippen MR) is 74.1 cm³/mol. The Balaban J connectivity index is 1.77. The van der Waals surface area contributed by atoms with Gasteiger partial charge in [-0.25, -0.2) is 0 Å². The lowest BCUT2D eigenvalue weighted by Gasteiger charge is -2.29. The number of aliphatic hydroxyl groups is 1. The molecular weight excluding hydrogens is 248 g/mol. The normalized spacial score (nSPS) is 25.7. The van der Waals surface area contributed by atoms with E-state index in [1.807, 2.05) is 12.1 Å². The van der Waals surface area contributed by atoms with Gasteiger partial charge in [-0.1, -0.05) is 31.4 Å². The first-order chi connectivity index (χ1) is 8.65. The van der Waals surface area contributed by atoms with Crippen molar-refractivity contribution in [1.82, 2.24) is 0 Å². The van der Waals surface area contributed by atoms with Crippen molar-refractivity contribution < 1.29 is 9.84 Å².